The van der Waals surface area contributed by atoms with Crippen LogP contribution in [0.5, 0.6) is 0 Å². The molecule has 0 amide bonds. The van der Waals surface area contributed by atoms with Gasteiger partial charge in [0.15, 0.2) is 5.16 Å². The SMILES string of the molecule is CSc1ncc2cc(-c3ccc(C(C)(C)C)cc3)c(=O)n(C3CC3)c2n1. The lowest BCUT2D eigenvalue weighted by Gasteiger charge is -2.19. The molecule has 0 radical (unpaired) electrons. The normalized spacial score (nSPS) is 14.8. The Hall–Kier alpha value is -2.14. The van der Waals surface area contributed by atoms with Crippen LogP contribution in [0.4, 0.5) is 0 Å². The van der Waals surface area contributed by atoms with Gasteiger partial charge in [-0.1, -0.05) is 56.8 Å². The molecule has 0 unspecified atom stereocenters. The molecule has 3 aromatic rings. The zero-order valence-corrected chi connectivity index (χ0v) is 16.4. The second kappa shape index (κ2) is 6.23. The van der Waals surface area contributed by atoms with Crippen molar-refractivity contribution in [2.45, 2.75) is 50.2 Å². The zero-order valence-electron chi connectivity index (χ0n) is 15.6. The summed E-state index contributed by atoms with van der Waals surface area (Å²) in [6.45, 7) is 6.58. The number of pyridine rings is 1. The van der Waals surface area contributed by atoms with E-state index in [-0.39, 0.29) is 17.0 Å². The van der Waals surface area contributed by atoms with Crippen molar-refractivity contribution in [1.82, 2.24) is 14.5 Å². The Kier molecular flexibility index (Phi) is 4.14. The Morgan fingerprint density at radius 3 is 2.42 bits per heavy atom. The molecule has 2 heterocycles. The van der Waals surface area contributed by atoms with Crippen LogP contribution in [-0.2, 0) is 5.41 Å². The number of hydrogen-bond donors (Lipinski definition) is 0. The lowest BCUT2D eigenvalue weighted by atomic mass is 9.86. The molecule has 4 nitrogen and oxygen atoms in total. The first-order valence-electron chi connectivity index (χ1n) is 8.95. The largest absolute Gasteiger partial charge is 0.289 e. The topological polar surface area (TPSA) is 47.8 Å². The van der Waals surface area contributed by atoms with Gasteiger partial charge in [0.25, 0.3) is 5.56 Å². The van der Waals surface area contributed by atoms with E-state index in [1.165, 1.54) is 17.3 Å². The lowest BCUT2D eigenvalue weighted by molar-refractivity contribution is 0.590. The second-order valence-electron chi connectivity index (χ2n) is 7.93. The first-order chi connectivity index (χ1) is 12.4. The summed E-state index contributed by atoms with van der Waals surface area (Å²) in [4.78, 5) is 22.2. The van der Waals surface area contributed by atoms with Crippen LogP contribution in [0.15, 0.2) is 46.5 Å². The summed E-state index contributed by atoms with van der Waals surface area (Å²) in [5, 5.41) is 1.62. The third-order valence-electron chi connectivity index (χ3n) is 4.91. The Bertz CT molecular complexity index is 1030. The van der Waals surface area contributed by atoms with Crippen molar-refractivity contribution in [2.24, 2.45) is 0 Å². The van der Waals surface area contributed by atoms with Gasteiger partial charge in [0.05, 0.1) is 0 Å². The van der Waals surface area contributed by atoms with Gasteiger partial charge in [0.2, 0.25) is 0 Å². The summed E-state index contributed by atoms with van der Waals surface area (Å²) >= 11 is 1.50. The molecule has 0 aliphatic heterocycles. The van der Waals surface area contributed by atoms with Crippen LogP contribution in [0, 0.1) is 0 Å². The molecule has 2 aromatic heterocycles. The summed E-state index contributed by atoms with van der Waals surface area (Å²) < 4.78 is 1.88. The van der Waals surface area contributed by atoms with E-state index >= 15 is 0 Å². The van der Waals surface area contributed by atoms with E-state index in [4.69, 9.17) is 0 Å². The number of benzene rings is 1. The fraction of sp³-hybridized carbons (Fsp3) is 0.381. The average Bonchev–Trinajstić information content (AvgIpc) is 3.45. The monoisotopic (exact) mass is 365 g/mol. The van der Waals surface area contributed by atoms with E-state index in [1.54, 1.807) is 0 Å². The maximum Gasteiger partial charge on any atom is 0.260 e. The van der Waals surface area contributed by atoms with E-state index in [2.05, 4.69) is 55.0 Å². The van der Waals surface area contributed by atoms with Gasteiger partial charge >= 0.3 is 0 Å². The molecule has 26 heavy (non-hydrogen) atoms. The van der Waals surface area contributed by atoms with Crippen LogP contribution in [0.25, 0.3) is 22.2 Å². The smallest absolute Gasteiger partial charge is 0.260 e. The van der Waals surface area contributed by atoms with E-state index in [1.807, 2.05) is 23.1 Å². The van der Waals surface area contributed by atoms with Gasteiger partial charge in [-0.3, -0.25) is 9.36 Å². The molecule has 1 saturated carbocycles. The lowest BCUT2D eigenvalue weighted by Crippen LogP contribution is -2.22. The summed E-state index contributed by atoms with van der Waals surface area (Å²) in [5.74, 6) is 0. The van der Waals surface area contributed by atoms with Gasteiger partial charge in [-0.25, -0.2) is 9.97 Å². The van der Waals surface area contributed by atoms with E-state index < -0.39 is 0 Å². The van der Waals surface area contributed by atoms with Crippen molar-refractivity contribution in [2.75, 3.05) is 6.26 Å². The van der Waals surface area contributed by atoms with Crippen molar-refractivity contribution in [3.05, 3.63) is 52.4 Å². The van der Waals surface area contributed by atoms with Crippen molar-refractivity contribution in [3.63, 3.8) is 0 Å². The van der Waals surface area contributed by atoms with E-state index in [0.717, 1.165) is 35.0 Å². The molecule has 5 heteroatoms. The Balaban J connectivity index is 1.91. The standard InChI is InChI=1S/C21H23N3OS/c1-21(2,3)15-7-5-13(6-8-15)17-11-14-12-22-20(26-4)23-18(14)24(19(17)25)16-9-10-16/h5-8,11-12,16H,9-10H2,1-4H3. The summed E-state index contributed by atoms with van der Waals surface area (Å²) in [7, 11) is 0. The number of rotatable bonds is 3. The molecule has 0 saturated heterocycles. The zero-order chi connectivity index (χ0) is 18.5. The number of hydrogen-bond acceptors (Lipinski definition) is 4. The second-order valence-corrected chi connectivity index (χ2v) is 8.70. The van der Waals surface area contributed by atoms with E-state index in [9.17, 15) is 4.79 Å². The molecular weight excluding hydrogens is 342 g/mol. The molecular formula is C21H23N3OS. The highest BCUT2D eigenvalue weighted by Gasteiger charge is 2.28. The summed E-state index contributed by atoms with van der Waals surface area (Å²) in [6.07, 6.45) is 5.87. The van der Waals surface area contributed by atoms with Crippen LogP contribution in [0.2, 0.25) is 0 Å². The molecule has 0 spiro atoms. The van der Waals surface area contributed by atoms with E-state index in [0.29, 0.717) is 5.16 Å². The van der Waals surface area contributed by atoms with Crippen LogP contribution in [-0.4, -0.2) is 20.8 Å². The van der Waals surface area contributed by atoms with Crippen LogP contribution in [0.3, 0.4) is 0 Å². The molecule has 0 bridgehead atoms. The quantitative estimate of drug-likeness (QED) is 0.493. The van der Waals surface area contributed by atoms with Crippen LogP contribution < -0.4 is 5.56 Å². The maximum absolute atomic E-state index is 13.2. The third kappa shape index (κ3) is 3.05. The number of thioether (sulfide) groups is 1. The average molecular weight is 366 g/mol. The van der Waals surface area contributed by atoms with Crippen molar-refractivity contribution < 1.29 is 0 Å². The summed E-state index contributed by atoms with van der Waals surface area (Å²) in [5.41, 5.74) is 3.84. The molecule has 1 aliphatic rings. The van der Waals surface area contributed by atoms with Gasteiger partial charge in [-0.15, -0.1) is 0 Å². The fourth-order valence-electron chi connectivity index (χ4n) is 3.23. The molecule has 0 N–H and O–H groups in total. The molecule has 134 valence electrons. The van der Waals surface area contributed by atoms with Crippen LogP contribution in [0.1, 0.15) is 45.2 Å². The Morgan fingerprint density at radius 2 is 1.85 bits per heavy atom. The molecule has 1 aromatic carbocycles. The van der Waals surface area contributed by atoms with Crippen molar-refractivity contribution >= 4 is 22.8 Å². The predicted octanol–water partition coefficient (Wildman–Crippen LogP) is 4.81. The molecule has 1 aliphatic carbocycles. The highest BCUT2D eigenvalue weighted by molar-refractivity contribution is 7.98. The summed E-state index contributed by atoms with van der Waals surface area (Å²) in [6, 6.07) is 10.5. The van der Waals surface area contributed by atoms with Gasteiger partial charge in [-0.05, 0) is 41.7 Å². The van der Waals surface area contributed by atoms with Gasteiger partial charge < -0.3 is 0 Å². The molecule has 0 atom stereocenters. The molecule has 1 fully saturated rings. The number of aromatic nitrogens is 3. The van der Waals surface area contributed by atoms with Crippen LogP contribution >= 0.6 is 11.8 Å². The number of nitrogens with zero attached hydrogens (tertiary/aromatic N) is 3. The van der Waals surface area contributed by atoms with Gasteiger partial charge in [-0.2, -0.15) is 0 Å². The third-order valence-corrected chi connectivity index (χ3v) is 5.47. The van der Waals surface area contributed by atoms with Gasteiger partial charge in [0, 0.05) is 23.2 Å². The Morgan fingerprint density at radius 1 is 1.15 bits per heavy atom. The first kappa shape index (κ1) is 17.3. The Labute approximate surface area is 157 Å². The molecule has 4 rings (SSSR count). The maximum atomic E-state index is 13.2. The highest BCUT2D eigenvalue weighted by atomic mass is 32.2. The fourth-order valence-corrected chi connectivity index (χ4v) is 3.57. The highest BCUT2D eigenvalue weighted by Crippen LogP contribution is 2.36. The number of fused-ring (bicyclic) bond motifs is 1. The minimum Gasteiger partial charge on any atom is -0.289 e. The minimum absolute atomic E-state index is 0.0502. The van der Waals surface area contributed by atoms with Crippen molar-refractivity contribution in [3.8, 4) is 11.1 Å². The van der Waals surface area contributed by atoms with Gasteiger partial charge in [0.1, 0.15) is 5.65 Å². The predicted molar refractivity (Wildman–Crippen MR) is 108 cm³/mol. The van der Waals surface area contributed by atoms with Crippen molar-refractivity contribution in [1.29, 1.82) is 0 Å². The first-order valence-corrected chi connectivity index (χ1v) is 10.2. The minimum atomic E-state index is 0.0502.